The molecule has 0 aliphatic rings. The predicted molar refractivity (Wildman–Crippen MR) is 31.3 cm³/mol. The van der Waals surface area contributed by atoms with Crippen LogP contribution in [-0.2, 0) is 4.79 Å². The predicted octanol–water partition coefficient (Wildman–Crippen LogP) is -4.76. The fourth-order valence-corrected chi connectivity index (χ4v) is 0.502. The van der Waals surface area contributed by atoms with Crippen molar-refractivity contribution in [3.8, 4) is 0 Å². The molecule has 0 rings (SSSR count). The normalized spacial score (nSPS) is 11.8. The second-order valence-corrected chi connectivity index (χ2v) is 1.67. The molecular formula is C5H11LiN2O2. The van der Waals surface area contributed by atoms with E-state index < -0.39 is 12.0 Å². The van der Waals surface area contributed by atoms with E-state index in [1.165, 1.54) is 0 Å². The minimum absolute atomic E-state index is 0. The molecule has 0 bridgehead atoms. The zero-order valence-corrected chi connectivity index (χ0v) is 6.60. The van der Waals surface area contributed by atoms with Gasteiger partial charge in [0, 0.05) is 0 Å². The van der Waals surface area contributed by atoms with Gasteiger partial charge >= 0.3 is 18.9 Å². The number of carbonyl (C=O) groups is 1. The van der Waals surface area contributed by atoms with Crippen LogP contribution in [0, 0.1) is 0 Å². The van der Waals surface area contributed by atoms with Gasteiger partial charge in [0.25, 0.3) is 0 Å². The first-order valence-corrected chi connectivity index (χ1v) is 2.85. The molecule has 0 saturated heterocycles. The Morgan fingerprint density at radius 1 is 1.70 bits per heavy atom. The molecule has 0 saturated carbocycles. The number of aliphatic carboxylic acids is 1. The summed E-state index contributed by atoms with van der Waals surface area (Å²) in [7, 11) is 1.62. The summed E-state index contributed by atoms with van der Waals surface area (Å²) in [5.41, 5.74) is 5.05. The summed E-state index contributed by atoms with van der Waals surface area (Å²) in [6.45, 7) is 1.77. The molecule has 1 atom stereocenters. The van der Waals surface area contributed by atoms with E-state index in [-0.39, 0.29) is 18.9 Å². The minimum atomic E-state index is -1.08. The third-order valence-corrected chi connectivity index (χ3v) is 1.01. The van der Waals surface area contributed by atoms with Crippen LogP contribution in [0.1, 0.15) is 13.3 Å². The van der Waals surface area contributed by atoms with Gasteiger partial charge in [0.1, 0.15) is 0 Å². The second-order valence-electron chi connectivity index (χ2n) is 1.67. The molecule has 10 heavy (non-hydrogen) atoms. The number of nitrogens with one attached hydrogen (secondary N) is 2. The van der Waals surface area contributed by atoms with E-state index in [1.54, 1.807) is 14.0 Å². The van der Waals surface area contributed by atoms with Crippen LogP contribution < -0.4 is 34.8 Å². The Kier molecular flexibility index (Phi) is 8.98. The fourth-order valence-electron chi connectivity index (χ4n) is 0.502. The maximum Gasteiger partial charge on any atom is 1.00 e. The van der Waals surface area contributed by atoms with E-state index in [4.69, 9.17) is 0 Å². The molecule has 0 aromatic rings. The molecule has 0 spiro atoms. The summed E-state index contributed by atoms with van der Waals surface area (Å²) >= 11 is 0. The van der Waals surface area contributed by atoms with Crippen molar-refractivity contribution in [3.05, 3.63) is 0 Å². The third kappa shape index (κ3) is 4.83. The molecule has 0 aromatic carbocycles. The molecule has 0 fully saturated rings. The topological polar surface area (TPSA) is 64.2 Å². The van der Waals surface area contributed by atoms with E-state index in [0.717, 1.165) is 0 Å². The summed E-state index contributed by atoms with van der Waals surface area (Å²) in [5.74, 6) is -1.08. The van der Waals surface area contributed by atoms with Crippen LogP contribution in [0.2, 0.25) is 0 Å². The molecule has 0 radical (unpaired) electrons. The fraction of sp³-hybridized carbons (Fsp3) is 0.800. The number of hydrazine groups is 1. The Hall–Kier alpha value is -0.0126. The molecule has 1 unspecified atom stereocenters. The average molecular weight is 138 g/mol. The van der Waals surface area contributed by atoms with E-state index in [1.807, 2.05) is 0 Å². The Morgan fingerprint density at radius 3 is 2.30 bits per heavy atom. The van der Waals surface area contributed by atoms with Gasteiger partial charge in [-0.2, -0.15) is 0 Å². The molecule has 0 aliphatic carbocycles. The van der Waals surface area contributed by atoms with E-state index >= 15 is 0 Å². The SMILES string of the molecule is CCC(NNC)C(=O)[O-].[Li+]. The number of rotatable bonds is 4. The molecular weight excluding hydrogens is 127 g/mol. The van der Waals surface area contributed by atoms with Gasteiger partial charge < -0.3 is 9.90 Å². The first-order valence-electron chi connectivity index (χ1n) is 2.85. The van der Waals surface area contributed by atoms with Gasteiger partial charge in [-0.1, -0.05) is 6.92 Å². The van der Waals surface area contributed by atoms with Crippen LogP contribution in [0.4, 0.5) is 0 Å². The molecule has 2 N–H and O–H groups in total. The number of carbonyl (C=O) groups excluding carboxylic acids is 1. The Balaban J connectivity index is 0. The van der Waals surface area contributed by atoms with Gasteiger partial charge in [-0.3, -0.25) is 5.43 Å². The first kappa shape index (κ1) is 12.6. The van der Waals surface area contributed by atoms with Crippen LogP contribution in [-0.4, -0.2) is 19.1 Å². The van der Waals surface area contributed by atoms with Gasteiger partial charge in [-0.05, 0) is 13.5 Å². The largest absolute Gasteiger partial charge is 1.00 e. The van der Waals surface area contributed by atoms with Gasteiger partial charge in [0.05, 0.1) is 12.0 Å². The molecule has 0 aromatic heterocycles. The second kappa shape index (κ2) is 7.10. The zero-order valence-electron chi connectivity index (χ0n) is 6.60. The molecule has 4 nitrogen and oxygen atoms in total. The van der Waals surface area contributed by atoms with Crippen LogP contribution >= 0.6 is 0 Å². The monoisotopic (exact) mass is 138 g/mol. The smallest absolute Gasteiger partial charge is 0.548 e. The molecule has 54 valence electrons. The quantitative estimate of drug-likeness (QED) is 0.302. The van der Waals surface area contributed by atoms with Crippen molar-refractivity contribution in [2.24, 2.45) is 0 Å². The summed E-state index contributed by atoms with van der Waals surface area (Å²) in [6, 6.07) is -0.588. The van der Waals surface area contributed by atoms with Gasteiger partial charge in [0.2, 0.25) is 0 Å². The van der Waals surface area contributed by atoms with E-state index in [0.29, 0.717) is 6.42 Å². The third-order valence-electron chi connectivity index (χ3n) is 1.01. The van der Waals surface area contributed by atoms with Crippen LogP contribution in [0.3, 0.4) is 0 Å². The summed E-state index contributed by atoms with van der Waals surface area (Å²) in [4.78, 5) is 10.1. The van der Waals surface area contributed by atoms with Crippen molar-refractivity contribution in [2.45, 2.75) is 19.4 Å². The maximum absolute atomic E-state index is 10.1. The Labute approximate surface area is 72.5 Å². The number of carboxylic acids is 1. The van der Waals surface area contributed by atoms with Gasteiger partial charge in [-0.25, -0.2) is 5.43 Å². The van der Waals surface area contributed by atoms with Crippen LogP contribution in [0.5, 0.6) is 0 Å². The number of carboxylic acid groups (broad SMARTS) is 1. The molecule has 5 heteroatoms. The maximum atomic E-state index is 10.1. The van der Waals surface area contributed by atoms with Crippen molar-refractivity contribution < 1.29 is 28.8 Å². The van der Waals surface area contributed by atoms with Crippen LogP contribution in [0.15, 0.2) is 0 Å². The van der Waals surface area contributed by atoms with Crippen molar-refractivity contribution >= 4 is 5.97 Å². The minimum Gasteiger partial charge on any atom is -0.548 e. The standard InChI is InChI=1S/C5H12N2O2.Li/c1-3-4(5(8)9)7-6-2;/h4,6-7H,3H2,1-2H3,(H,8,9);/q;+1/p-1. The van der Waals surface area contributed by atoms with Gasteiger partial charge in [0.15, 0.2) is 0 Å². The summed E-state index contributed by atoms with van der Waals surface area (Å²) in [6.07, 6.45) is 0.517. The van der Waals surface area contributed by atoms with E-state index in [2.05, 4.69) is 10.9 Å². The molecule has 0 amide bonds. The Morgan fingerprint density at radius 2 is 2.20 bits per heavy atom. The Bertz CT molecular complexity index is 99.6. The van der Waals surface area contributed by atoms with Gasteiger partial charge in [-0.15, -0.1) is 0 Å². The number of hydrogen-bond acceptors (Lipinski definition) is 4. The number of hydrogen-bond donors (Lipinski definition) is 2. The molecule has 0 heterocycles. The summed E-state index contributed by atoms with van der Waals surface area (Å²) in [5, 5.41) is 10.1. The van der Waals surface area contributed by atoms with E-state index in [9.17, 15) is 9.90 Å². The van der Waals surface area contributed by atoms with Crippen molar-refractivity contribution in [2.75, 3.05) is 7.05 Å². The van der Waals surface area contributed by atoms with Crippen molar-refractivity contribution in [1.82, 2.24) is 10.9 Å². The average Bonchev–Trinajstić information content (AvgIpc) is 1.82. The first-order chi connectivity index (χ1) is 4.22. The van der Waals surface area contributed by atoms with Crippen molar-refractivity contribution in [1.29, 1.82) is 0 Å². The van der Waals surface area contributed by atoms with Crippen molar-refractivity contribution in [3.63, 3.8) is 0 Å². The van der Waals surface area contributed by atoms with Crippen LogP contribution in [0.25, 0.3) is 0 Å². The summed E-state index contributed by atoms with van der Waals surface area (Å²) < 4.78 is 0. The molecule has 0 aliphatic heterocycles. The zero-order chi connectivity index (χ0) is 7.28.